The summed E-state index contributed by atoms with van der Waals surface area (Å²) in [6, 6.07) is 6.15. The molecule has 136 valence electrons. The van der Waals surface area contributed by atoms with Gasteiger partial charge in [-0.1, -0.05) is 27.3 Å². The number of carbonyl (C=O) groups is 1. The molecule has 0 unspecified atom stereocenters. The van der Waals surface area contributed by atoms with Gasteiger partial charge < -0.3 is 14.8 Å². The van der Waals surface area contributed by atoms with Gasteiger partial charge in [-0.05, 0) is 50.8 Å². The first-order chi connectivity index (χ1) is 12.0. The molecule has 1 aliphatic rings. The first kappa shape index (κ1) is 18.6. The van der Waals surface area contributed by atoms with E-state index in [1.165, 1.54) is 6.92 Å². The lowest BCUT2D eigenvalue weighted by atomic mass is 9.95. The fraction of sp³-hybridized carbons (Fsp3) is 0.556. The maximum Gasteiger partial charge on any atom is 0.274 e. The van der Waals surface area contributed by atoms with E-state index in [9.17, 15) is 4.79 Å². The van der Waals surface area contributed by atoms with E-state index < -0.39 is 0 Å². The van der Waals surface area contributed by atoms with Crippen LogP contribution in [0.3, 0.4) is 0 Å². The lowest BCUT2D eigenvalue weighted by Crippen LogP contribution is -2.36. The number of nitrogens with zero attached hydrogens (tertiary/aromatic N) is 1. The minimum Gasteiger partial charge on any atom is -0.467 e. The number of thiazole rings is 1. The number of halogens is 1. The van der Waals surface area contributed by atoms with E-state index in [2.05, 4.69) is 32.3 Å². The lowest BCUT2D eigenvalue weighted by Gasteiger charge is -2.29. The second-order valence-corrected chi connectivity index (χ2v) is 8.45. The largest absolute Gasteiger partial charge is 0.467 e. The van der Waals surface area contributed by atoms with Gasteiger partial charge in [-0.15, -0.1) is 0 Å². The molecule has 1 amide bonds. The molecular formula is C18H23BrN2O3S. The fourth-order valence-corrected chi connectivity index (χ4v) is 4.27. The molecule has 2 aromatic rings. The van der Waals surface area contributed by atoms with E-state index in [1.54, 1.807) is 11.3 Å². The smallest absolute Gasteiger partial charge is 0.274 e. The van der Waals surface area contributed by atoms with Crippen molar-refractivity contribution in [2.75, 3.05) is 6.61 Å². The van der Waals surface area contributed by atoms with E-state index >= 15 is 0 Å². The van der Waals surface area contributed by atoms with Crippen LogP contribution in [0, 0.1) is 0 Å². The molecular weight excluding hydrogens is 404 g/mol. The zero-order chi connectivity index (χ0) is 17.8. The molecule has 1 fully saturated rings. The summed E-state index contributed by atoms with van der Waals surface area (Å²) in [5, 5.41) is 3.59. The molecule has 1 N–H and O–H groups in total. The van der Waals surface area contributed by atoms with Crippen LogP contribution in [0.25, 0.3) is 10.2 Å². The summed E-state index contributed by atoms with van der Waals surface area (Å²) in [6.07, 6.45) is 4.36. The Labute approximate surface area is 160 Å². The number of hydrogen-bond donors (Lipinski definition) is 1. The number of nitrogens with one attached hydrogen (secondary N) is 1. The number of ether oxygens (including phenoxy) is 2. The van der Waals surface area contributed by atoms with Crippen molar-refractivity contribution in [2.24, 2.45) is 0 Å². The zero-order valence-corrected chi connectivity index (χ0v) is 16.9. The monoisotopic (exact) mass is 426 g/mol. The fourth-order valence-electron chi connectivity index (χ4n) is 3.06. The molecule has 0 spiro atoms. The Hall–Kier alpha value is -1.18. The number of hydrogen-bond acceptors (Lipinski definition) is 5. The Bertz CT molecular complexity index is 728. The molecule has 0 bridgehead atoms. The molecule has 0 aliphatic heterocycles. The van der Waals surface area contributed by atoms with Gasteiger partial charge >= 0.3 is 0 Å². The van der Waals surface area contributed by atoms with Gasteiger partial charge in [0.05, 0.1) is 22.9 Å². The molecule has 25 heavy (non-hydrogen) atoms. The highest BCUT2D eigenvalue weighted by Gasteiger charge is 2.24. The average Bonchev–Trinajstić information content (AvgIpc) is 2.95. The minimum atomic E-state index is -0.0175. The Morgan fingerprint density at radius 2 is 2.08 bits per heavy atom. The van der Waals surface area contributed by atoms with Crippen LogP contribution in [-0.4, -0.2) is 35.7 Å². The second kappa shape index (κ2) is 8.47. The van der Waals surface area contributed by atoms with Crippen LogP contribution < -0.4 is 10.1 Å². The number of amides is 1. The van der Waals surface area contributed by atoms with Crippen LogP contribution in [0.15, 0.2) is 22.7 Å². The Morgan fingerprint density at radius 3 is 2.80 bits per heavy atom. The van der Waals surface area contributed by atoms with Crippen LogP contribution in [0.4, 0.5) is 0 Å². The van der Waals surface area contributed by atoms with E-state index in [0.717, 1.165) is 45.6 Å². The summed E-state index contributed by atoms with van der Waals surface area (Å²) in [6.45, 7) is 4.05. The predicted octanol–water partition coefficient (Wildman–Crippen LogP) is 4.29. The third-order valence-electron chi connectivity index (χ3n) is 4.25. The highest BCUT2D eigenvalue weighted by atomic mass is 79.9. The third kappa shape index (κ3) is 5.39. The summed E-state index contributed by atoms with van der Waals surface area (Å²) >= 11 is 5.07. The van der Waals surface area contributed by atoms with Gasteiger partial charge in [0.25, 0.3) is 5.19 Å². The van der Waals surface area contributed by atoms with Gasteiger partial charge in [0.15, 0.2) is 0 Å². The van der Waals surface area contributed by atoms with Crippen molar-refractivity contribution in [1.29, 1.82) is 0 Å². The normalized spacial score (nSPS) is 21.9. The molecule has 0 radical (unpaired) electrons. The van der Waals surface area contributed by atoms with Crippen LogP contribution >= 0.6 is 27.3 Å². The lowest BCUT2D eigenvalue weighted by molar-refractivity contribution is -0.120. The first-order valence-corrected chi connectivity index (χ1v) is 10.2. The number of benzene rings is 1. The van der Waals surface area contributed by atoms with E-state index in [0.29, 0.717) is 6.61 Å². The van der Waals surface area contributed by atoms with E-state index in [4.69, 9.17) is 9.47 Å². The summed E-state index contributed by atoms with van der Waals surface area (Å²) in [7, 11) is 0. The predicted molar refractivity (Wildman–Crippen MR) is 103 cm³/mol. The molecule has 0 saturated heterocycles. The van der Waals surface area contributed by atoms with Crippen LogP contribution in [0.5, 0.6) is 5.19 Å². The third-order valence-corrected chi connectivity index (χ3v) is 5.67. The van der Waals surface area contributed by atoms with Gasteiger partial charge in [-0.3, -0.25) is 4.79 Å². The van der Waals surface area contributed by atoms with Crippen molar-refractivity contribution in [3.05, 3.63) is 22.7 Å². The molecule has 1 atom stereocenters. The number of aromatic nitrogens is 1. The molecule has 1 aromatic heterocycles. The van der Waals surface area contributed by atoms with Gasteiger partial charge in [0.1, 0.15) is 6.10 Å². The number of fused-ring (bicyclic) bond motifs is 1. The van der Waals surface area contributed by atoms with Crippen molar-refractivity contribution in [2.45, 2.75) is 57.8 Å². The number of rotatable bonds is 6. The molecule has 1 aliphatic carbocycles. The molecule has 7 heteroatoms. The second-order valence-electron chi connectivity index (χ2n) is 6.54. The van der Waals surface area contributed by atoms with Crippen LogP contribution in [0.2, 0.25) is 0 Å². The van der Waals surface area contributed by atoms with Crippen LogP contribution in [0.1, 0.15) is 39.5 Å². The molecule has 1 aromatic carbocycles. The zero-order valence-electron chi connectivity index (χ0n) is 14.5. The Morgan fingerprint density at radius 1 is 1.36 bits per heavy atom. The summed E-state index contributed by atoms with van der Waals surface area (Å²) in [5.41, 5.74) is 0.971. The highest BCUT2D eigenvalue weighted by molar-refractivity contribution is 9.10. The molecule has 1 heterocycles. The maximum atomic E-state index is 11.0. The van der Waals surface area contributed by atoms with Crippen molar-refractivity contribution in [1.82, 2.24) is 10.3 Å². The average molecular weight is 427 g/mol. The van der Waals surface area contributed by atoms with E-state index in [1.807, 2.05) is 19.1 Å². The Balaban J connectivity index is 1.45. The Kier molecular flexibility index (Phi) is 6.30. The van der Waals surface area contributed by atoms with Gasteiger partial charge in [-0.25, -0.2) is 4.98 Å². The molecule has 5 nitrogen and oxygen atoms in total. The van der Waals surface area contributed by atoms with Gasteiger partial charge in [-0.2, -0.15) is 0 Å². The maximum absolute atomic E-state index is 11.0. The topological polar surface area (TPSA) is 60.5 Å². The quantitative estimate of drug-likeness (QED) is 0.747. The van der Waals surface area contributed by atoms with Gasteiger partial charge in [0.2, 0.25) is 5.91 Å². The standard InChI is InChI=1S/C18H23BrN2O3S/c1-11(20-12(2)22)10-23-14-4-6-15(7-5-14)24-18-21-16-9-13(19)3-8-17(16)25-18/h3,8-9,11,14-15H,4-7,10H2,1-2H3,(H,20,22)/t11-,14?,15?/m0/s1. The van der Waals surface area contributed by atoms with Crippen molar-refractivity contribution < 1.29 is 14.3 Å². The van der Waals surface area contributed by atoms with Crippen molar-refractivity contribution in [3.63, 3.8) is 0 Å². The van der Waals surface area contributed by atoms with Crippen molar-refractivity contribution in [3.8, 4) is 5.19 Å². The van der Waals surface area contributed by atoms with Crippen molar-refractivity contribution >= 4 is 43.4 Å². The van der Waals surface area contributed by atoms with Gasteiger partial charge in [0, 0.05) is 17.4 Å². The summed E-state index contributed by atoms with van der Waals surface area (Å²) in [4.78, 5) is 15.6. The number of carbonyl (C=O) groups excluding carboxylic acids is 1. The first-order valence-electron chi connectivity index (χ1n) is 8.61. The summed E-state index contributed by atoms with van der Waals surface area (Å²) in [5.74, 6) is -0.0175. The molecule has 1 saturated carbocycles. The van der Waals surface area contributed by atoms with E-state index in [-0.39, 0.29) is 24.2 Å². The highest BCUT2D eigenvalue weighted by Crippen LogP contribution is 2.32. The minimum absolute atomic E-state index is 0.0175. The summed E-state index contributed by atoms with van der Waals surface area (Å²) < 4.78 is 14.2. The SMILES string of the molecule is CC(=O)N[C@@H](C)COC1CCC(Oc2nc3cc(Br)ccc3s2)CC1. The molecule has 3 rings (SSSR count). The van der Waals surface area contributed by atoms with Crippen LogP contribution in [-0.2, 0) is 9.53 Å².